The monoisotopic (exact) mass is 307 g/mol. The lowest BCUT2D eigenvalue weighted by atomic mass is 10.2. The van der Waals surface area contributed by atoms with Gasteiger partial charge in [0.2, 0.25) is 0 Å². The van der Waals surface area contributed by atoms with Crippen LogP contribution in [0.4, 0.5) is 11.4 Å². The average molecular weight is 307 g/mol. The predicted molar refractivity (Wildman–Crippen MR) is 80.3 cm³/mol. The van der Waals surface area contributed by atoms with Crippen LogP contribution < -0.4 is 10.1 Å². The summed E-state index contributed by atoms with van der Waals surface area (Å²) in [6.45, 7) is 0. The highest BCUT2D eigenvalue weighted by Crippen LogP contribution is 2.29. The standard InChI is InChI=1S/C15H9N5O3/c16-7-11(8-17)9-19-12-4-13(20(21)22)6-15(5-12)23-14-2-1-3-18-10-14/h1-6,9-10,19H. The molecular weight excluding hydrogens is 298 g/mol. The summed E-state index contributed by atoms with van der Waals surface area (Å²) < 4.78 is 5.51. The summed E-state index contributed by atoms with van der Waals surface area (Å²) in [4.78, 5) is 14.3. The van der Waals surface area contributed by atoms with Gasteiger partial charge in [0, 0.05) is 30.2 Å². The van der Waals surface area contributed by atoms with E-state index in [2.05, 4.69) is 10.3 Å². The number of allylic oxidation sites excluding steroid dienone is 1. The molecule has 0 saturated heterocycles. The zero-order chi connectivity index (χ0) is 16.7. The van der Waals surface area contributed by atoms with Gasteiger partial charge in [-0.1, -0.05) is 0 Å². The van der Waals surface area contributed by atoms with Gasteiger partial charge in [0.15, 0.2) is 0 Å². The smallest absolute Gasteiger partial charge is 0.275 e. The summed E-state index contributed by atoms with van der Waals surface area (Å²) in [5.41, 5.74) is -0.0509. The van der Waals surface area contributed by atoms with Crippen molar-refractivity contribution >= 4 is 11.4 Å². The zero-order valence-corrected chi connectivity index (χ0v) is 11.6. The molecule has 0 amide bonds. The van der Waals surface area contributed by atoms with E-state index < -0.39 is 4.92 Å². The highest BCUT2D eigenvalue weighted by Gasteiger charge is 2.11. The van der Waals surface area contributed by atoms with Crippen LogP contribution in [-0.2, 0) is 0 Å². The number of nitrogens with one attached hydrogen (secondary N) is 1. The molecule has 23 heavy (non-hydrogen) atoms. The Kier molecular flexibility index (Phi) is 4.85. The average Bonchev–Trinajstić information content (AvgIpc) is 2.56. The summed E-state index contributed by atoms with van der Waals surface area (Å²) in [5, 5.41) is 31.0. The fraction of sp³-hybridized carbons (Fsp3) is 0. The molecule has 1 aromatic heterocycles. The molecule has 1 aromatic carbocycles. The van der Waals surface area contributed by atoms with E-state index in [1.807, 2.05) is 0 Å². The quantitative estimate of drug-likeness (QED) is 0.511. The maximum absolute atomic E-state index is 11.0. The molecule has 0 unspecified atom stereocenters. The Morgan fingerprint density at radius 1 is 1.30 bits per heavy atom. The van der Waals surface area contributed by atoms with Crippen molar-refractivity contribution in [2.45, 2.75) is 0 Å². The number of nitriles is 2. The van der Waals surface area contributed by atoms with Gasteiger partial charge in [-0.15, -0.1) is 0 Å². The third kappa shape index (κ3) is 4.28. The van der Waals surface area contributed by atoms with E-state index in [4.69, 9.17) is 15.3 Å². The molecule has 8 nitrogen and oxygen atoms in total. The summed E-state index contributed by atoms with van der Waals surface area (Å²) in [5.74, 6) is 0.641. The number of hydrogen-bond donors (Lipinski definition) is 1. The van der Waals surface area contributed by atoms with Crippen LogP contribution in [-0.4, -0.2) is 9.91 Å². The molecular formula is C15H9N5O3. The second-order valence-corrected chi connectivity index (χ2v) is 4.19. The fourth-order valence-electron chi connectivity index (χ4n) is 1.62. The molecule has 1 heterocycles. The maximum atomic E-state index is 11.0. The van der Waals surface area contributed by atoms with Crippen molar-refractivity contribution in [1.82, 2.24) is 4.98 Å². The van der Waals surface area contributed by atoms with Crippen molar-refractivity contribution in [3.8, 4) is 23.6 Å². The van der Waals surface area contributed by atoms with E-state index >= 15 is 0 Å². The van der Waals surface area contributed by atoms with Crippen LogP contribution in [0.3, 0.4) is 0 Å². The van der Waals surface area contributed by atoms with Crippen molar-refractivity contribution in [1.29, 1.82) is 10.5 Å². The van der Waals surface area contributed by atoms with Gasteiger partial charge in [0.25, 0.3) is 5.69 Å². The minimum absolute atomic E-state index is 0.161. The van der Waals surface area contributed by atoms with Gasteiger partial charge >= 0.3 is 0 Å². The van der Waals surface area contributed by atoms with Crippen LogP contribution in [0.2, 0.25) is 0 Å². The van der Waals surface area contributed by atoms with Gasteiger partial charge in [-0.2, -0.15) is 10.5 Å². The number of rotatable bonds is 5. The molecule has 2 aromatic rings. The molecule has 2 rings (SSSR count). The molecule has 0 fully saturated rings. The third-order valence-corrected chi connectivity index (χ3v) is 2.60. The molecule has 0 aliphatic carbocycles. The number of anilines is 1. The fourth-order valence-corrected chi connectivity index (χ4v) is 1.62. The maximum Gasteiger partial charge on any atom is 0.275 e. The van der Waals surface area contributed by atoms with Gasteiger partial charge in [0.05, 0.1) is 17.2 Å². The molecule has 8 heteroatoms. The number of nitro groups is 1. The Labute approximate surface area is 131 Å². The molecule has 1 N–H and O–H groups in total. The van der Waals surface area contributed by atoms with Crippen LogP contribution in [0.15, 0.2) is 54.5 Å². The summed E-state index contributed by atoms with van der Waals surface area (Å²) in [7, 11) is 0. The normalized spacial score (nSPS) is 9.13. The molecule has 0 aliphatic rings. The van der Waals surface area contributed by atoms with Crippen molar-refractivity contribution < 1.29 is 9.66 Å². The lowest BCUT2D eigenvalue weighted by Crippen LogP contribution is -1.95. The minimum Gasteiger partial charge on any atom is -0.455 e. The number of nitrogens with zero attached hydrogens (tertiary/aromatic N) is 4. The van der Waals surface area contributed by atoms with Gasteiger partial charge in [-0.3, -0.25) is 15.1 Å². The number of aromatic nitrogens is 1. The molecule has 0 bridgehead atoms. The lowest BCUT2D eigenvalue weighted by molar-refractivity contribution is -0.384. The van der Waals surface area contributed by atoms with Crippen molar-refractivity contribution in [3.63, 3.8) is 0 Å². The number of ether oxygens (including phenoxy) is 1. The number of pyridine rings is 1. The molecule has 0 saturated carbocycles. The SMILES string of the molecule is N#CC(C#N)=CNc1cc(Oc2cccnc2)cc([N+](=O)[O-])c1. The second kappa shape index (κ2) is 7.20. The van der Waals surface area contributed by atoms with Crippen LogP contribution in [0.5, 0.6) is 11.5 Å². The Balaban J connectivity index is 2.33. The zero-order valence-electron chi connectivity index (χ0n) is 11.6. The minimum atomic E-state index is -0.569. The van der Waals surface area contributed by atoms with Gasteiger partial charge < -0.3 is 10.1 Å². The molecule has 112 valence electrons. The van der Waals surface area contributed by atoms with E-state index in [0.717, 1.165) is 6.20 Å². The predicted octanol–water partition coefficient (Wildman–Crippen LogP) is 3.13. The summed E-state index contributed by atoms with van der Waals surface area (Å²) >= 11 is 0. The number of nitro benzene ring substituents is 1. The van der Waals surface area contributed by atoms with E-state index in [1.54, 1.807) is 30.5 Å². The molecule has 0 aliphatic heterocycles. The van der Waals surface area contributed by atoms with Gasteiger partial charge in [-0.05, 0) is 12.1 Å². The second-order valence-electron chi connectivity index (χ2n) is 4.19. The van der Waals surface area contributed by atoms with Crippen LogP contribution in [0.1, 0.15) is 0 Å². The number of benzene rings is 1. The Morgan fingerprint density at radius 3 is 2.70 bits per heavy atom. The van der Waals surface area contributed by atoms with Crippen molar-refractivity contribution in [3.05, 3.63) is 64.6 Å². The Morgan fingerprint density at radius 2 is 2.09 bits per heavy atom. The van der Waals surface area contributed by atoms with Crippen LogP contribution >= 0.6 is 0 Å². The van der Waals surface area contributed by atoms with Crippen LogP contribution in [0.25, 0.3) is 0 Å². The highest BCUT2D eigenvalue weighted by atomic mass is 16.6. The highest BCUT2D eigenvalue weighted by molar-refractivity contribution is 5.59. The first-order valence-corrected chi connectivity index (χ1v) is 6.26. The molecule has 0 radical (unpaired) electrons. The first-order chi connectivity index (χ1) is 11.1. The molecule has 0 spiro atoms. The first-order valence-electron chi connectivity index (χ1n) is 6.26. The van der Waals surface area contributed by atoms with E-state index in [-0.39, 0.29) is 17.0 Å². The van der Waals surface area contributed by atoms with Gasteiger partial charge in [0.1, 0.15) is 29.2 Å². The first kappa shape index (κ1) is 15.5. The van der Waals surface area contributed by atoms with E-state index in [9.17, 15) is 10.1 Å². The molecule has 0 atom stereocenters. The third-order valence-electron chi connectivity index (χ3n) is 2.60. The number of hydrogen-bond acceptors (Lipinski definition) is 7. The van der Waals surface area contributed by atoms with E-state index in [0.29, 0.717) is 11.4 Å². The van der Waals surface area contributed by atoms with Gasteiger partial charge in [-0.25, -0.2) is 0 Å². The summed E-state index contributed by atoms with van der Waals surface area (Å²) in [6.07, 6.45) is 4.20. The Bertz CT molecular complexity index is 818. The topological polar surface area (TPSA) is 125 Å². The lowest BCUT2D eigenvalue weighted by Gasteiger charge is -2.07. The van der Waals surface area contributed by atoms with Crippen molar-refractivity contribution in [2.75, 3.05) is 5.32 Å². The number of non-ortho nitro benzene ring substituents is 1. The Hall–Kier alpha value is -3.91. The summed E-state index contributed by atoms with van der Waals surface area (Å²) in [6, 6.07) is 10.7. The largest absolute Gasteiger partial charge is 0.455 e. The van der Waals surface area contributed by atoms with E-state index in [1.165, 1.54) is 24.4 Å². The van der Waals surface area contributed by atoms with Crippen LogP contribution in [0, 0.1) is 32.8 Å². The van der Waals surface area contributed by atoms with Crippen molar-refractivity contribution in [2.24, 2.45) is 0 Å².